The molecule has 2 N–H and O–H groups in total. The van der Waals surface area contributed by atoms with E-state index in [9.17, 15) is 4.79 Å². The highest BCUT2D eigenvalue weighted by Crippen LogP contribution is 2.19. The maximum absolute atomic E-state index is 12.0. The number of ether oxygens (including phenoxy) is 2. The van der Waals surface area contributed by atoms with Gasteiger partial charge in [-0.3, -0.25) is 4.79 Å². The molecule has 1 aliphatic rings. The summed E-state index contributed by atoms with van der Waals surface area (Å²) in [5, 5.41) is 6.11. The molecule has 0 radical (unpaired) electrons. The average Bonchev–Trinajstić information content (AvgIpc) is 2.64. The fourth-order valence-electron chi connectivity index (χ4n) is 2.81. The quantitative estimate of drug-likeness (QED) is 0.475. The van der Waals surface area contributed by atoms with Crippen LogP contribution in [-0.4, -0.2) is 38.8 Å². The van der Waals surface area contributed by atoms with Crippen molar-refractivity contribution in [1.82, 2.24) is 5.32 Å². The van der Waals surface area contributed by atoms with Crippen LogP contribution in [0.1, 0.15) is 39.0 Å². The Labute approximate surface area is 150 Å². The van der Waals surface area contributed by atoms with Crippen LogP contribution in [0.2, 0.25) is 0 Å². The van der Waals surface area contributed by atoms with Crippen molar-refractivity contribution >= 4 is 11.6 Å². The minimum absolute atomic E-state index is 0.0379. The van der Waals surface area contributed by atoms with Gasteiger partial charge in [0.2, 0.25) is 5.91 Å². The normalized spacial score (nSPS) is 14.0. The maximum Gasteiger partial charge on any atom is 0.238 e. The standard InChI is InChI=1S/C20H30N2O3/c1-2-24-13-14-25-19-10-6-9-18(15-19)22-20(23)16-21-12-11-17-7-4-3-5-8-17/h6-7,9-10,15,21H,2-5,8,11-14,16H2,1H3,(H,22,23). The molecule has 5 nitrogen and oxygen atoms in total. The number of allylic oxidation sites excluding steroid dienone is 1. The number of benzene rings is 1. The van der Waals surface area contributed by atoms with E-state index in [2.05, 4.69) is 16.7 Å². The summed E-state index contributed by atoms with van der Waals surface area (Å²) >= 11 is 0. The lowest BCUT2D eigenvalue weighted by Crippen LogP contribution is -2.29. The molecule has 0 bridgehead atoms. The number of anilines is 1. The highest BCUT2D eigenvalue weighted by molar-refractivity contribution is 5.92. The zero-order chi connectivity index (χ0) is 17.7. The van der Waals surface area contributed by atoms with Crippen LogP contribution < -0.4 is 15.4 Å². The predicted molar refractivity (Wildman–Crippen MR) is 101 cm³/mol. The van der Waals surface area contributed by atoms with Crippen molar-refractivity contribution < 1.29 is 14.3 Å². The van der Waals surface area contributed by atoms with E-state index in [4.69, 9.17) is 9.47 Å². The Morgan fingerprint density at radius 2 is 2.16 bits per heavy atom. The van der Waals surface area contributed by atoms with E-state index in [1.165, 1.54) is 31.3 Å². The number of carbonyl (C=O) groups is 1. The lowest BCUT2D eigenvalue weighted by Gasteiger charge is -2.13. The van der Waals surface area contributed by atoms with Gasteiger partial charge in [0, 0.05) is 18.4 Å². The molecule has 25 heavy (non-hydrogen) atoms. The Bertz CT molecular complexity index is 558. The molecule has 0 aliphatic heterocycles. The summed E-state index contributed by atoms with van der Waals surface area (Å²) in [5.41, 5.74) is 2.27. The SMILES string of the molecule is CCOCCOc1cccc(NC(=O)CNCCC2=CCCCC2)c1. The van der Waals surface area contributed by atoms with E-state index in [0.717, 1.165) is 24.4 Å². The monoisotopic (exact) mass is 346 g/mol. The number of carbonyl (C=O) groups excluding carboxylic acids is 1. The van der Waals surface area contributed by atoms with Crippen molar-refractivity contribution in [2.75, 3.05) is 38.2 Å². The van der Waals surface area contributed by atoms with Crippen molar-refractivity contribution in [2.24, 2.45) is 0 Å². The van der Waals surface area contributed by atoms with Gasteiger partial charge >= 0.3 is 0 Å². The molecule has 0 fully saturated rings. The largest absolute Gasteiger partial charge is 0.491 e. The van der Waals surface area contributed by atoms with Gasteiger partial charge < -0.3 is 20.1 Å². The minimum Gasteiger partial charge on any atom is -0.491 e. The van der Waals surface area contributed by atoms with Gasteiger partial charge in [0.05, 0.1) is 13.2 Å². The van der Waals surface area contributed by atoms with Gasteiger partial charge in [-0.2, -0.15) is 0 Å². The molecule has 138 valence electrons. The summed E-state index contributed by atoms with van der Waals surface area (Å²) < 4.78 is 10.8. The van der Waals surface area contributed by atoms with Crippen LogP contribution in [0.5, 0.6) is 5.75 Å². The third kappa shape index (κ3) is 8.18. The Kier molecular flexibility index (Phi) is 9.08. The van der Waals surface area contributed by atoms with Crippen molar-refractivity contribution in [2.45, 2.75) is 39.0 Å². The lowest BCUT2D eigenvalue weighted by molar-refractivity contribution is -0.115. The summed E-state index contributed by atoms with van der Waals surface area (Å²) in [6.07, 6.45) is 8.42. The first kappa shape index (κ1) is 19.5. The van der Waals surface area contributed by atoms with E-state index < -0.39 is 0 Å². The molecule has 0 atom stereocenters. The lowest BCUT2D eigenvalue weighted by atomic mass is 9.97. The first-order chi connectivity index (χ1) is 12.3. The van der Waals surface area contributed by atoms with Gasteiger partial charge in [-0.15, -0.1) is 0 Å². The zero-order valence-electron chi connectivity index (χ0n) is 15.2. The summed E-state index contributed by atoms with van der Waals surface area (Å²) in [6, 6.07) is 7.43. The predicted octanol–water partition coefficient (Wildman–Crippen LogP) is 3.52. The number of hydrogen-bond donors (Lipinski definition) is 2. The number of rotatable bonds is 11. The highest BCUT2D eigenvalue weighted by Gasteiger charge is 2.05. The van der Waals surface area contributed by atoms with Crippen LogP contribution in [0.3, 0.4) is 0 Å². The molecule has 2 rings (SSSR count). The third-order valence-electron chi connectivity index (χ3n) is 4.11. The smallest absolute Gasteiger partial charge is 0.238 e. The molecule has 5 heteroatoms. The molecular weight excluding hydrogens is 316 g/mol. The fraction of sp³-hybridized carbons (Fsp3) is 0.550. The Morgan fingerprint density at radius 3 is 2.96 bits per heavy atom. The van der Waals surface area contributed by atoms with E-state index in [1.807, 2.05) is 31.2 Å². The van der Waals surface area contributed by atoms with Gasteiger partial charge in [0.1, 0.15) is 12.4 Å². The van der Waals surface area contributed by atoms with Gasteiger partial charge in [0.15, 0.2) is 0 Å². The van der Waals surface area contributed by atoms with E-state index in [-0.39, 0.29) is 5.91 Å². The second-order valence-corrected chi connectivity index (χ2v) is 6.16. The van der Waals surface area contributed by atoms with Crippen LogP contribution in [0.15, 0.2) is 35.9 Å². The van der Waals surface area contributed by atoms with E-state index in [1.54, 1.807) is 0 Å². The van der Waals surface area contributed by atoms with Gasteiger partial charge in [0.25, 0.3) is 0 Å². The summed E-state index contributed by atoms with van der Waals surface area (Å²) in [4.78, 5) is 12.0. The number of nitrogens with one attached hydrogen (secondary N) is 2. The summed E-state index contributed by atoms with van der Waals surface area (Å²) in [6.45, 7) is 4.87. The molecule has 1 aromatic carbocycles. The molecule has 0 heterocycles. The molecule has 0 saturated carbocycles. The average molecular weight is 346 g/mol. The molecule has 0 spiro atoms. The fourth-order valence-corrected chi connectivity index (χ4v) is 2.81. The van der Waals surface area contributed by atoms with Crippen LogP contribution in [0, 0.1) is 0 Å². The molecule has 1 aromatic rings. The van der Waals surface area contributed by atoms with Crippen LogP contribution in [-0.2, 0) is 9.53 Å². The first-order valence-electron chi connectivity index (χ1n) is 9.27. The molecule has 1 amide bonds. The Hall–Kier alpha value is -1.85. The topological polar surface area (TPSA) is 59.6 Å². The first-order valence-corrected chi connectivity index (χ1v) is 9.27. The van der Waals surface area contributed by atoms with Crippen molar-refractivity contribution in [3.63, 3.8) is 0 Å². The molecule has 1 aliphatic carbocycles. The number of amides is 1. The van der Waals surface area contributed by atoms with Gasteiger partial charge in [-0.1, -0.05) is 17.7 Å². The third-order valence-corrected chi connectivity index (χ3v) is 4.11. The summed E-state index contributed by atoms with van der Waals surface area (Å²) in [7, 11) is 0. The molecular formula is C20H30N2O3. The molecule has 0 saturated heterocycles. The Morgan fingerprint density at radius 1 is 1.24 bits per heavy atom. The summed E-state index contributed by atoms with van der Waals surface area (Å²) in [5.74, 6) is 0.693. The second-order valence-electron chi connectivity index (χ2n) is 6.16. The zero-order valence-corrected chi connectivity index (χ0v) is 15.2. The molecule has 0 unspecified atom stereocenters. The van der Waals surface area contributed by atoms with Crippen LogP contribution >= 0.6 is 0 Å². The van der Waals surface area contributed by atoms with Crippen molar-refractivity contribution in [1.29, 1.82) is 0 Å². The van der Waals surface area contributed by atoms with Crippen molar-refractivity contribution in [3.05, 3.63) is 35.9 Å². The number of hydrogen-bond acceptors (Lipinski definition) is 4. The minimum atomic E-state index is -0.0379. The van der Waals surface area contributed by atoms with Gasteiger partial charge in [-0.25, -0.2) is 0 Å². The second kappa shape index (κ2) is 11.7. The van der Waals surface area contributed by atoms with Crippen LogP contribution in [0.4, 0.5) is 5.69 Å². The van der Waals surface area contributed by atoms with E-state index >= 15 is 0 Å². The van der Waals surface area contributed by atoms with E-state index in [0.29, 0.717) is 26.4 Å². The highest BCUT2D eigenvalue weighted by atomic mass is 16.5. The molecule has 0 aromatic heterocycles. The Balaban J connectivity index is 1.64. The van der Waals surface area contributed by atoms with Crippen LogP contribution in [0.25, 0.3) is 0 Å². The van der Waals surface area contributed by atoms with Gasteiger partial charge in [-0.05, 0) is 57.7 Å². The van der Waals surface area contributed by atoms with Crippen molar-refractivity contribution in [3.8, 4) is 5.75 Å². The maximum atomic E-state index is 12.0.